The predicted molar refractivity (Wildman–Crippen MR) is 195 cm³/mol. The number of rotatable bonds is 6. The van der Waals surface area contributed by atoms with E-state index in [1.165, 1.54) is 9.36 Å². The minimum absolute atomic E-state index is 0.149. The molecule has 0 fully saturated rings. The van der Waals surface area contributed by atoms with E-state index in [4.69, 9.17) is 8.83 Å². The first kappa shape index (κ1) is 36.4. The van der Waals surface area contributed by atoms with Crippen molar-refractivity contribution < 1.29 is 19.0 Å². The molecule has 3 aromatic carbocycles. The zero-order valence-corrected chi connectivity index (χ0v) is 31.3. The van der Waals surface area contributed by atoms with Crippen molar-refractivity contribution in [2.45, 2.75) is 118 Å². The van der Waals surface area contributed by atoms with Gasteiger partial charge in [0.1, 0.15) is 11.5 Å². The van der Waals surface area contributed by atoms with Gasteiger partial charge in [-0.3, -0.25) is 0 Å². The summed E-state index contributed by atoms with van der Waals surface area (Å²) >= 11 is 0. The zero-order chi connectivity index (χ0) is 37.1. The quantitative estimate of drug-likeness (QED) is 0.184. The lowest BCUT2D eigenvalue weighted by molar-refractivity contribution is 0.421. The molecule has 0 bridgehead atoms. The van der Waals surface area contributed by atoms with Crippen molar-refractivity contribution in [3.63, 3.8) is 0 Å². The molecule has 5 aromatic rings. The minimum atomic E-state index is -0.602. The maximum absolute atomic E-state index is 12.9. The van der Waals surface area contributed by atoms with E-state index >= 15 is 0 Å². The van der Waals surface area contributed by atoms with Crippen LogP contribution in [0.2, 0.25) is 0 Å². The molecule has 5 rings (SSSR count). The Bertz CT molecular complexity index is 1930. The summed E-state index contributed by atoms with van der Waals surface area (Å²) in [6, 6.07) is 14.6. The van der Waals surface area contributed by atoms with Crippen LogP contribution in [0, 0.1) is 0 Å². The lowest BCUT2D eigenvalue weighted by Crippen LogP contribution is -2.20. The van der Waals surface area contributed by atoms with Crippen LogP contribution < -0.4 is 11.5 Å². The van der Waals surface area contributed by atoms with Crippen molar-refractivity contribution in [1.29, 1.82) is 0 Å². The molecule has 10 nitrogen and oxygen atoms in total. The van der Waals surface area contributed by atoms with Gasteiger partial charge in [-0.15, -0.1) is 10.2 Å². The molecule has 2 aromatic heterocycles. The molecule has 0 spiro atoms. The molecule has 0 amide bonds. The second-order valence-corrected chi connectivity index (χ2v) is 17.3. The summed E-state index contributed by atoms with van der Waals surface area (Å²) in [6.45, 7) is 24.8. The first-order valence-corrected chi connectivity index (χ1v) is 16.9. The number of phenolic OH excluding ortho intramolecular Hbond substituents is 2. The molecule has 266 valence electrons. The maximum atomic E-state index is 12.9. The monoisotopic (exact) mass is 682 g/mol. The highest BCUT2D eigenvalue weighted by Gasteiger charge is 2.28. The molecule has 2 heterocycles. The summed E-state index contributed by atoms with van der Waals surface area (Å²) in [7, 11) is 0. The third-order valence-electron chi connectivity index (χ3n) is 8.83. The van der Waals surface area contributed by atoms with Crippen LogP contribution in [-0.2, 0) is 34.7 Å². The van der Waals surface area contributed by atoms with Gasteiger partial charge in [-0.25, -0.2) is 9.59 Å². The normalized spacial score (nSPS) is 12.9. The molecular weight excluding hydrogens is 632 g/mol. The summed E-state index contributed by atoms with van der Waals surface area (Å²) in [6.07, 6.45) is 0. The van der Waals surface area contributed by atoms with Crippen LogP contribution >= 0.6 is 0 Å². The highest BCUT2D eigenvalue weighted by molar-refractivity contribution is 5.61. The van der Waals surface area contributed by atoms with E-state index in [-0.39, 0.29) is 58.0 Å². The molecule has 0 radical (unpaired) electrons. The van der Waals surface area contributed by atoms with Gasteiger partial charge in [0.2, 0.25) is 11.8 Å². The van der Waals surface area contributed by atoms with Crippen molar-refractivity contribution in [2.24, 2.45) is 0 Å². The number of aromatic nitrogens is 4. The van der Waals surface area contributed by atoms with Crippen molar-refractivity contribution >= 4 is 0 Å². The Morgan fingerprint density at radius 1 is 0.520 bits per heavy atom. The molecule has 2 N–H and O–H groups in total. The fourth-order valence-corrected chi connectivity index (χ4v) is 6.00. The van der Waals surface area contributed by atoms with Gasteiger partial charge in [0, 0.05) is 11.1 Å². The van der Waals surface area contributed by atoms with Crippen LogP contribution in [0.3, 0.4) is 0 Å². The van der Waals surface area contributed by atoms with Crippen LogP contribution in [0.25, 0.3) is 22.9 Å². The zero-order valence-electron chi connectivity index (χ0n) is 31.3. The van der Waals surface area contributed by atoms with Crippen LogP contribution in [0.5, 0.6) is 11.5 Å². The number of aromatic hydroxyl groups is 2. The fourth-order valence-electron chi connectivity index (χ4n) is 6.00. The average Bonchev–Trinajstić information content (AvgIpc) is 3.53. The van der Waals surface area contributed by atoms with Crippen LogP contribution in [0.1, 0.15) is 116 Å². The Labute approximate surface area is 293 Å². The third-order valence-corrected chi connectivity index (χ3v) is 8.83. The Morgan fingerprint density at radius 3 is 1.02 bits per heavy atom. The number of hydrogen-bond acceptors (Lipinski definition) is 8. The highest BCUT2D eigenvalue weighted by Crippen LogP contribution is 2.41. The van der Waals surface area contributed by atoms with Gasteiger partial charge in [-0.1, -0.05) is 83.1 Å². The minimum Gasteiger partial charge on any atom is -0.507 e. The SMILES string of the molecule is CC(C)(C)c1cc(Cn2nc(-c3ccc(-c4nn(Cc5cc(C(C)(C)C)c(O)c(C(C)(C)C)c5)c(=O)o4)cc3)oc2=O)cc(C(C)(C)C)c1O. The topological polar surface area (TPSA) is 137 Å². The second-order valence-electron chi connectivity index (χ2n) is 17.3. The van der Waals surface area contributed by atoms with Crippen LogP contribution in [-0.4, -0.2) is 29.8 Å². The number of nitrogens with zero attached hydrogens (tertiary/aromatic N) is 4. The molecule has 50 heavy (non-hydrogen) atoms. The molecule has 0 aliphatic heterocycles. The van der Waals surface area contributed by atoms with Crippen molar-refractivity contribution in [3.8, 4) is 34.4 Å². The standard InChI is InChI=1S/C40H50N4O6/c1-37(2,3)27-17-23(18-28(31(27)45)38(4,5)6)21-43-35(47)49-33(41-43)25-13-15-26(16-14-25)34-42-44(36(48)50-34)22-24-19-29(39(7,8)9)32(46)30(20-24)40(10,11)12/h13-20,45-46H,21-22H2,1-12H3. The predicted octanol–water partition coefficient (Wildman–Crippen LogP) is 8.02. The molecule has 0 aliphatic rings. The average molecular weight is 683 g/mol. The lowest BCUT2D eigenvalue weighted by Gasteiger charge is -2.28. The molecule has 0 saturated carbocycles. The van der Waals surface area contributed by atoms with Crippen molar-refractivity contribution in [2.75, 3.05) is 0 Å². The van der Waals surface area contributed by atoms with E-state index in [2.05, 4.69) is 10.2 Å². The third kappa shape index (κ3) is 7.49. The van der Waals surface area contributed by atoms with E-state index in [9.17, 15) is 19.8 Å². The van der Waals surface area contributed by atoms with E-state index in [1.807, 2.05) is 107 Å². The van der Waals surface area contributed by atoms with Crippen molar-refractivity contribution in [1.82, 2.24) is 19.6 Å². The summed E-state index contributed by atoms with van der Waals surface area (Å²) < 4.78 is 13.6. The van der Waals surface area contributed by atoms with Gasteiger partial charge in [-0.05, 0) is 104 Å². The summed E-state index contributed by atoms with van der Waals surface area (Å²) in [5, 5.41) is 31.1. The van der Waals surface area contributed by atoms with Gasteiger partial charge < -0.3 is 19.0 Å². The fraction of sp³-hybridized carbons (Fsp3) is 0.450. The van der Waals surface area contributed by atoms with Gasteiger partial charge in [0.25, 0.3) is 0 Å². The Hall–Kier alpha value is -4.86. The highest BCUT2D eigenvalue weighted by atomic mass is 16.4. The lowest BCUT2D eigenvalue weighted by atomic mass is 9.78. The Balaban J connectivity index is 1.40. The number of benzene rings is 3. The summed E-state index contributed by atoms with van der Waals surface area (Å²) in [4.78, 5) is 25.8. The van der Waals surface area contributed by atoms with E-state index < -0.39 is 11.5 Å². The summed E-state index contributed by atoms with van der Waals surface area (Å²) in [5.74, 6) is -0.364. The first-order chi connectivity index (χ1) is 22.9. The second kappa shape index (κ2) is 12.5. The molecular formula is C40H50N4O6. The molecule has 0 aliphatic carbocycles. The van der Waals surface area contributed by atoms with Gasteiger partial charge in [-0.2, -0.15) is 9.36 Å². The van der Waals surface area contributed by atoms with E-state index in [1.54, 1.807) is 24.3 Å². The maximum Gasteiger partial charge on any atom is 0.437 e. The Kier molecular flexibility index (Phi) is 9.09. The molecule has 10 heteroatoms. The summed E-state index contributed by atoms with van der Waals surface area (Å²) in [5.41, 5.74) is 4.75. The van der Waals surface area contributed by atoms with Gasteiger partial charge >= 0.3 is 11.5 Å². The van der Waals surface area contributed by atoms with Crippen LogP contribution in [0.4, 0.5) is 0 Å². The Morgan fingerprint density at radius 2 is 0.780 bits per heavy atom. The largest absolute Gasteiger partial charge is 0.507 e. The smallest absolute Gasteiger partial charge is 0.437 e. The van der Waals surface area contributed by atoms with E-state index in [0.29, 0.717) is 11.1 Å². The number of hydrogen-bond donors (Lipinski definition) is 2. The van der Waals surface area contributed by atoms with Gasteiger partial charge in [0.05, 0.1) is 13.1 Å². The van der Waals surface area contributed by atoms with E-state index in [0.717, 1.165) is 33.4 Å². The number of phenols is 2. The molecule has 0 saturated heterocycles. The molecule has 0 unspecified atom stereocenters. The first-order valence-electron chi connectivity index (χ1n) is 16.9. The van der Waals surface area contributed by atoms with Gasteiger partial charge in [0.15, 0.2) is 0 Å². The van der Waals surface area contributed by atoms with Crippen LogP contribution in [0.15, 0.2) is 67.0 Å². The van der Waals surface area contributed by atoms with Crippen molar-refractivity contribution in [3.05, 3.63) is 103 Å². The molecule has 0 atom stereocenters.